The number of allylic oxidation sites excluding steroid dienone is 3. The van der Waals surface area contributed by atoms with Gasteiger partial charge in [-0.1, -0.05) is 82.1 Å². The Balaban J connectivity index is 0.000000852. The second kappa shape index (κ2) is 17.5. The van der Waals surface area contributed by atoms with E-state index < -0.39 is 6.25 Å². The SMILES string of the molecule is CC=CC(C)=O.O=C(C=Cc1ccccc1)c1ccc(OCCCCCCO[Si](Cl)(Cl)Cl)cc1. The molecule has 0 aliphatic rings. The summed E-state index contributed by atoms with van der Waals surface area (Å²) in [5.74, 6) is 0.835. The second-order valence-electron chi connectivity index (χ2n) is 7.30. The normalized spacial score (nSPS) is 11.3. The van der Waals surface area contributed by atoms with E-state index in [1.807, 2.05) is 55.5 Å². The summed E-state index contributed by atoms with van der Waals surface area (Å²) >= 11 is 16.9. The van der Waals surface area contributed by atoms with Gasteiger partial charge in [0.15, 0.2) is 11.6 Å². The first kappa shape index (κ1) is 30.1. The third-order valence-corrected chi connectivity index (χ3v) is 5.85. The monoisotopic (exact) mass is 540 g/mol. The summed E-state index contributed by atoms with van der Waals surface area (Å²) in [7, 11) is 0. The Labute approximate surface area is 217 Å². The van der Waals surface area contributed by atoms with Gasteiger partial charge in [-0.05, 0) is 75.1 Å². The van der Waals surface area contributed by atoms with Gasteiger partial charge in [-0.15, -0.1) is 0 Å². The van der Waals surface area contributed by atoms with E-state index in [1.165, 1.54) is 13.0 Å². The van der Waals surface area contributed by atoms with E-state index in [2.05, 4.69) is 0 Å². The first-order valence-electron chi connectivity index (χ1n) is 11.1. The summed E-state index contributed by atoms with van der Waals surface area (Å²) in [5, 5.41) is 0. The quantitative estimate of drug-likeness (QED) is 0.0852. The Hall–Kier alpha value is -1.89. The predicted octanol–water partition coefficient (Wildman–Crippen LogP) is 7.84. The van der Waals surface area contributed by atoms with Gasteiger partial charge in [0.05, 0.1) is 6.61 Å². The summed E-state index contributed by atoms with van der Waals surface area (Å²) in [6, 6.07) is 16.9. The molecule has 0 aliphatic heterocycles. The van der Waals surface area contributed by atoms with Crippen LogP contribution in [0.3, 0.4) is 0 Å². The average Bonchev–Trinajstić information content (AvgIpc) is 2.80. The van der Waals surface area contributed by atoms with Crippen LogP contribution in [-0.4, -0.2) is 31.0 Å². The molecule has 0 saturated heterocycles. The van der Waals surface area contributed by atoms with Crippen molar-refractivity contribution in [2.24, 2.45) is 0 Å². The van der Waals surface area contributed by atoms with Crippen LogP contribution in [0.2, 0.25) is 0 Å². The van der Waals surface area contributed by atoms with E-state index in [-0.39, 0.29) is 11.6 Å². The van der Waals surface area contributed by atoms with Gasteiger partial charge in [-0.2, -0.15) is 0 Å². The van der Waals surface area contributed by atoms with Crippen molar-refractivity contribution in [1.82, 2.24) is 0 Å². The smallest absolute Gasteiger partial charge is 0.493 e. The lowest BCUT2D eigenvalue weighted by Crippen LogP contribution is -2.16. The van der Waals surface area contributed by atoms with Gasteiger partial charge in [-0.3, -0.25) is 9.59 Å². The van der Waals surface area contributed by atoms with Crippen molar-refractivity contribution in [2.75, 3.05) is 13.2 Å². The number of ketones is 2. The minimum Gasteiger partial charge on any atom is -0.494 e. The number of unbranched alkanes of at least 4 members (excludes halogenated alkanes) is 3. The highest BCUT2D eigenvalue weighted by atomic mass is 35.8. The molecule has 2 aromatic carbocycles. The summed E-state index contributed by atoms with van der Waals surface area (Å²) in [6.07, 6.45) is 7.52. The van der Waals surface area contributed by atoms with Crippen LogP contribution in [-0.2, 0) is 9.22 Å². The van der Waals surface area contributed by atoms with Crippen molar-refractivity contribution in [3.63, 3.8) is 0 Å². The zero-order valence-corrected chi connectivity index (χ0v) is 22.8. The topological polar surface area (TPSA) is 52.6 Å². The van der Waals surface area contributed by atoms with Crippen LogP contribution in [0.5, 0.6) is 5.75 Å². The number of hydrogen-bond acceptors (Lipinski definition) is 4. The third-order valence-electron chi connectivity index (χ3n) is 4.34. The molecule has 0 spiro atoms. The fraction of sp³-hybridized carbons (Fsp3) is 0.308. The lowest BCUT2D eigenvalue weighted by Gasteiger charge is -2.09. The molecule has 0 heterocycles. The lowest BCUT2D eigenvalue weighted by molar-refractivity contribution is -0.112. The molecule has 0 unspecified atom stereocenters. The Kier molecular flexibility index (Phi) is 15.5. The molecule has 0 saturated carbocycles. The number of benzene rings is 2. The molecule has 0 aliphatic carbocycles. The summed E-state index contributed by atoms with van der Waals surface area (Å²) < 4.78 is 10.9. The van der Waals surface area contributed by atoms with Gasteiger partial charge in [0.25, 0.3) is 0 Å². The molecule has 2 rings (SSSR count). The largest absolute Gasteiger partial charge is 0.494 e. The highest BCUT2D eigenvalue weighted by molar-refractivity contribution is 7.62. The average molecular weight is 542 g/mol. The van der Waals surface area contributed by atoms with Crippen LogP contribution >= 0.6 is 33.2 Å². The van der Waals surface area contributed by atoms with Gasteiger partial charge < -0.3 is 9.16 Å². The molecule has 0 radical (unpaired) electrons. The highest BCUT2D eigenvalue weighted by Gasteiger charge is 2.26. The zero-order chi connectivity index (χ0) is 25.2. The maximum atomic E-state index is 12.2. The molecule has 0 amide bonds. The fourth-order valence-corrected chi connectivity index (χ4v) is 3.79. The van der Waals surface area contributed by atoms with E-state index in [9.17, 15) is 9.59 Å². The molecule has 34 heavy (non-hydrogen) atoms. The predicted molar refractivity (Wildman–Crippen MR) is 145 cm³/mol. The van der Waals surface area contributed by atoms with Crippen molar-refractivity contribution < 1.29 is 18.8 Å². The van der Waals surface area contributed by atoms with Crippen LogP contribution in [0.4, 0.5) is 0 Å². The maximum absolute atomic E-state index is 12.2. The number of carbonyl (C=O) groups is 2. The second-order valence-corrected chi connectivity index (χ2v) is 15.0. The van der Waals surface area contributed by atoms with E-state index in [4.69, 9.17) is 42.4 Å². The highest BCUT2D eigenvalue weighted by Crippen LogP contribution is 2.21. The van der Waals surface area contributed by atoms with Crippen LogP contribution in [0.1, 0.15) is 55.5 Å². The van der Waals surface area contributed by atoms with E-state index in [0.29, 0.717) is 18.8 Å². The molecular weight excluding hydrogens is 511 g/mol. The number of halogens is 3. The maximum Gasteiger partial charge on any atom is 0.493 e. The van der Waals surface area contributed by atoms with Crippen molar-refractivity contribution in [1.29, 1.82) is 0 Å². The van der Waals surface area contributed by atoms with Gasteiger partial charge >= 0.3 is 6.25 Å². The molecular formula is C26H31Cl3O4Si. The Morgan fingerprint density at radius 3 is 2.00 bits per heavy atom. The third kappa shape index (κ3) is 15.9. The number of rotatable bonds is 13. The molecule has 0 bridgehead atoms. The van der Waals surface area contributed by atoms with Gasteiger partial charge in [0.2, 0.25) is 0 Å². The Bertz CT molecular complexity index is 908. The van der Waals surface area contributed by atoms with Crippen molar-refractivity contribution in [3.05, 3.63) is 84.0 Å². The van der Waals surface area contributed by atoms with Gasteiger partial charge in [0, 0.05) is 12.2 Å². The first-order chi connectivity index (χ1) is 16.2. The Morgan fingerprint density at radius 2 is 1.47 bits per heavy atom. The number of hydrogen-bond donors (Lipinski definition) is 0. The van der Waals surface area contributed by atoms with Crippen LogP contribution in [0, 0.1) is 0 Å². The number of ether oxygens (including phenoxy) is 1. The van der Waals surface area contributed by atoms with Crippen molar-refractivity contribution in [2.45, 2.75) is 39.5 Å². The van der Waals surface area contributed by atoms with Gasteiger partial charge in [-0.25, -0.2) is 0 Å². The lowest BCUT2D eigenvalue weighted by atomic mass is 10.1. The molecule has 8 heteroatoms. The zero-order valence-electron chi connectivity index (χ0n) is 19.5. The van der Waals surface area contributed by atoms with E-state index in [0.717, 1.165) is 37.0 Å². The summed E-state index contributed by atoms with van der Waals surface area (Å²) in [4.78, 5) is 22.2. The van der Waals surface area contributed by atoms with Crippen LogP contribution < -0.4 is 4.74 Å². The molecule has 4 nitrogen and oxygen atoms in total. The first-order valence-corrected chi connectivity index (χ1v) is 16.0. The molecule has 2 aromatic rings. The molecule has 0 N–H and O–H groups in total. The van der Waals surface area contributed by atoms with Gasteiger partial charge in [0.1, 0.15) is 5.75 Å². The van der Waals surface area contributed by atoms with Crippen LogP contribution in [0.25, 0.3) is 6.08 Å². The Morgan fingerprint density at radius 1 is 0.853 bits per heavy atom. The van der Waals surface area contributed by atoms with Crippen LogP contribution in [0.15, 0.2) is 72.8 Å². The van der Waals surface area contributed by atoms with Crippen molar-refractivity contribution in [3.8, 4) is 5.75 Å². The minimum absolute atomic E-state index is 0.0319. The molecule has 0 fully saturated rings. The van der Waals surface area contributed by atoms with Crippen molar-refractivity contribution >= 4 is 57.1 Å². The van der Waals surface area contributed by atoms with E-state index in [1.54, 1.807) is 24.3 Å². The molecule has 0 aromatic heterocycles. The summed E-state index contributed by atoms with van der Waals surface area (Å²) in [5.41, 5.74) is 1.63. The molecule has 184 valence electrons. The fourth-order valence-electron chi connectivity index (χ4n) is 2.72. The van der Waals surface area contributed by atoms with E-state index >= 15 is 0 Å². The standard InChI is InChI=1S/C21H23Cl3O3Si.C5H8O/c22-28(23,24)27-17-7-2-1-6-16-26-20-13-11-19(12-14-20)21(25)15-10-18-8-4-3-5-9-18;1-3-4-5(2)6/h3-5,8-15H,1-2,6-7,16-17H2;3-4H,1-2H3. The number of carbonyl (C=O) groups excluding carboxylic acids is 2. The summed E-state index contributed by atoms with van der Waals surface area (Å²) in [6.45, 7) is 4.46. The minimum atomic E-state index is -2.95. The molecule has 0 atom stereocenters.